The van der Waals surface area contributed by atoms with Gasteiger partial charge in [0.1, 0.15) is 5.82 Å². The van der Waals surface area contributed by atoms with Gasteiger partial charge in [0.25, 0.3) is 0 Å². The molecule has 4 nitrogen and oxygen atoms in total. The molecule has 5 heteroatoms. The van der Waals surface area contributed by atoms with E-state index in [1.807, 2.05) is 13.8 Å². The molecule has 0 saturated heterocycles. The van der Waals surface area contributed by atoms with Gasteiger partial charge >= 0.3 is 0 Å². The van der Waals surface area contributed by atoms with Gasteiger partial charge in [-0.3, -0.25) is 9.59 Å². The molecule has 0 aromatic heterocycles. The van der Waals surface area contributed by atoms with Crippen molar-refractivity contribution in [1.29, 1.82) is 0 Å². The van der Waals surface area contributed by atoms with Crippen LogP contribution in [0.4, 0.5) is 10.1 Å². The second-order valence-corrected chi connectivity index (χ2v) is 4.95. The number of hydrogen-bond acceptors (Lipinski definition) is 2. The van der Waals surface area contributed by atoms with Crippen LogP contribution in [0.5, 0.6) is 0 Å². The molecule has 1 aromatic carbocycles. The Bertz CT molecular complexity index is 487. The van der Waals surface area contributed by atoms with Crippen LogP contribution in [0.15, 0.2) is 24.3 Å². The summed E-state index contributed by atoms with van der Waals surface area (Å²) in [6, 6.07) is 5.87. The fourth-order valence-corrected chi connectivity index (χ4v) is 2.21. The van der Waals surface area contributed by atoms with Crippen LogP contribution in [0, 0.1) is 11.7 Å². The van der Waals surface area contributed by atoms with Crippen molar-refractivity contribution in [3.63, 3.8) is 0 Å². The number of carbonyl (C=O) groups is 2. The fourth-order valence-electron chi connectivity index (χ4n) is 2.21. The Morgan fingerprint density at radius 1 is 1.29 bits per heavy atom. The Balaban J connectivity index is 2.61. The summed E-state index contributed by atoms with van der Waals surface area (Å²) in [5, 5.41) is 2.83. The Morgan fingerprint density at radius 2 is 1.95 bits per heavy atom. The van der Waals surface area contributed by atoms with Crippen LogP contribution in [0.1, 0.15) is 33.6 Å². The Kier molecular flexibility index (Phi) is 6.85. The van der Waals surface area contributed by atoms with Gasteiger partial charge in [0, 0.05) is 31.6 Å². The van der Waals surface area contributed by atoms with Crippen LogP contribution in [-0.4, -0.2) is 24.9 Å². The molecular formula is C16H23FN2O2. The van der Waals surface area contributed by atoms with E-state index in [4.69, 9.17) is 0 Å². The molecule has 0 atom stereocenters. The lowest BCUT2D eigenvalue weighted by molar-refractivity contribution is -0.125. The van der Waals surface area contributed by atoms with Crippen molar-refractivity contribution in [2.45, 2.75) is 33.6 Å². The molecule has 0 fully saturated rings. The van der Waals surface area contributed by atoms with E-state index in [9.17, 15) is 14.0 Å². The maximum Gasteiger partial charge on any atom is 0.223 e. The summed E-state index contributed by atoms with van der Waals surface area (Å²) in [5.41, 5.74) is 0.499. The zero-order valence-corrected chi connectivity index (χ0v) is 12.9. The summed E-state index contributed by atoms with van der Waals surface area (Å²) in [4.78, 5) is 25.0. The van der Waals surface area contributed by atoms with Gasteiger partial charge in [0.05, 0.1) is 0 Å². The van der Waals surface area contributed by atoms with Crippen molar-refractivity contribution in [1.82, 2.24) is 5.32 Å². The van der Waals surface area contributed by atoms with E-state index in [1.54, 1.807) is 12.1 Å². The van der Waals surface area contributed by atoms with E-state index >= 15 is 0 Å². The Hall–Kier alpha value is -1.91. The molecule has 0 unspecified atom stereocenters. The van der Waals surface area contributed by atoms with Gasteiger partial charge in [-0.05, 0) is 31.0 Å². The maximum atomic E-state index is 13.2. The number of nitrogens with one attached hydrogen (secondary N) is 1. The molecule has 1 rings (SSSR count). The van der Waals surface area contributed by atoms with Crippen LogP contribution < -0.4 is 10.2 Å². The van der Waals surface area contributed by atoms with E-state index in [0.717, 1.165) is 12.8 Å². The largest absolute Gasteiger partial charge is 0.354 e. The lowest BCUT2D eigenvalue weighted by Gasteiger charge is -2.22. The van der Waals surface area contributed by atoms with Crippen LogP contribution in [0.25, 0.3) is 0 Å². The topological polar surface area (TPSA) is 49.4 Å². The molecule has 1 aromatic rings. The number of amides is 2. The van der Waals surface area contributed by atoms with E-state index in [1.165, 1.54) is 24.0 Å². The minimum atomic E-state index is -0.389. The van der Waals surface area contributed by atoms with Gasteiger partial charge in [0.15, 0.2) is 0 Å². The summed E-state index contributed by atoms with van der Waals surface area (Å²) < 4.78 is 13.2. The summed E-state index contributed by atoms with van der Waals surface area (Å²) >= 11 is 0. The van der Waals surface area contributed by atoms with Gasteiger partial charge in [-0.1, -0.05) is 19.9 Å². The third-order valence-corrected chi connectivity index (χ3v) is 3.49. The van der Waals surface area contributed by atoms with Crippen molar-refractivity contribution >= 4 is 17.5 Å². The number of anilines is 1. The zero-order chi connectivity index (χ0) is 15.8. The normalized spacial score (nSPS) is 10.5. The lowest BCUT2D eigenvalue weighted by atomic mass is 10.0. The zero-order valence-electron chi connectivity index (χ0n) is 12.9. The maximum absolute atomic E-state index is 13.2. The van der Waals surface area contributed by atoms with E-state index in [0.29, 0.717) is 18.8 Å². The Labute approximate surface area is 125 Å². The SMILES string of the molecule is CCC(CC)C(=O)NCCN(C(C)=O)c1cccc(F)c1. The Morgan fingerprint density at radius 3 is 2.48 bits per heavy atom. The molecule has 0 aliphatic carbocycles. The molecule has 116 valence electrons. The van der Waals surface area contributed by atoms with Crippen molar-refractivity contribution in [2.24, 2.45) is 5.92 Å². The van der Waals surface area contributed by atoms with Crippen molar-refractivity contribution < 1.29 is 14.0 Å². The molecule has 1 N–H and O–H groups in total. The second-order valence-electron chi connectivity index (χ2n) is 4.95. The molecule has 0 aliphatic rings. The highest BCUT2D eigenvalue weighted by Gasteiger charge is 2.15. The predicted octanol–water partition coefficient (Wildman–Crippen LogP) is 2.73. The standard InChI is InChI=1S/C16H23FN2O2/c1-4-13(5-2)16(21)18-9-10-19(12(3)20)15-8-6-7-14(17)11-15/h6-8,11,13H,4-5,9-10H2,1-3H3,(H,18,21). The first kappa shape index (κ1) is 17.1. The summed E-state index contributed by atoms with van der Waals surface area (Å²) in [6.07, 6.45) is 1.59. The number of carbonyl (C=O) groups excluding carboxylic acids is 2. The number of nitrogens with zero attached hydrogens (tertiary/aromatic N) is 1. The first-order valence-electron chi connectivity index (χ1n) is 7.30. The van der Waals surface area contributed by atoms with Gasteiger partial charge in [-0.25, -0.2) is 4.39 Å². The first-order chi connectivity index (χ1) is 9.99. The number of rotatable bonds is 7. The predicted molar refractivity (Wildman–Crippen MR) is 81.5 cm³/mol. The van der Waals surface area contributed by atoms with Gasteiger partial charge < -0.3 is 10.2 Å². The van der Waals surface area contributed by atoms with Crippen molar-refractivity contribution in [2.75, 3.05) is 18.0 Å². The first-order valence-corrected chi connectivity index (χ1v) is 7.30. The second kappa shape index (κ2) is 8.39. The molecular weight excluding hydrogens is 271 g/mol. The lowest BCUT2D eigenvalue weighted by Crippen LogP contribution is -2.39. The quantitative estimate of drug-likeness (QED) is 0.840. The smallest absolute Gasteiger partial charge is 0.223 e. The van der Waals surface area contributed by atoms with Gasteiger partial charge in [-0.2, -0.15) is 0 Å². The van der Waals surface area contributed by atoms with E-state index in [2.05, 4.69) is 5.32 Å². The third-order valence-electron chi connectivity index (χ3n) is 3.49. The molecule has 21 heavy (non-hydrogen) atoms. The average molecular weight is 294 g/mol. The molecule has 0 heterocycles. The highest BCUT2D eigenvalue weighted by atomic mass is 19.1. The number of halogens is 1. The van der Waals surface area contributed by atoms with Crippen LogP contribution >= 0.6 is 0 Å². The minimum absolute atomic E-state index is 0.00254. The van der Waals surface area contributed by atoms with Gasteiger partial charge in [-0.15, -0.1) is 0 Å². The van der Waals surface area contributed by atoms with E-state index < -0.39 is 0 Å². The van der Waals surface area contributed by atoms with Crippen LogP contribution in [-0.2, 0) is 9.59 Å². The third kappa shape index (κ3) is 5.17. The summed E-state index contributed by atoms with van der Waals surface area (Å²) in [6.45, 7) is 6.05. The van der Waals surface area contributed by atoms with Crippen LogP contribution in [0.2, 0.25) is 0 Å². The van der Waals surface area contributed by atoms with Gasteiger partial charge in [0.2, 0.25) is 11.8 Å². The molecule has 0 saturated carbocycles. The molecule has 0 radical (unpaired) electrons. The fraction of sp³-hybridized carbons (Fsp3) is 0.500. The van der Waals surface area contributed by atoms with Crippen molar-refractivity contribution in [3.8, 4) is 0 Å². The van der Waals surface area contributed by atoms with Crippen LogP contribution in [0.3, 0.4) is 0 Å². The summed E-state index contributed by atoms with van der Waals surface area (Å²) in [5.74, 6) is -0.565. The molecule has 0 aliphatic heterocycles. The van der Waals surface area contributed by atoms with Crippen molar-refractivity contribution in [3.05, 3.63) is 30.1 Å². The molecule has 0 spiro atoms. The molecule has 2 amide bonds. The minimum Gasteiger partial charge on any atom is -0.354 e. The monoisotopic (exact) mass is 294 g/mol. The average Bonchev–Trinajstić information content (AvgIpc) is 2.44. The number of hydrogen-bond donors (Lipinski definition) is 1. The summed E-state index contributed by atoms with van der Waals surface area (Å²) in [7, 11) is 0. The highest BCUT2D eigenvalue weighted by Crippen LogP contribution is 2.15. The number of benzene rings is 1. The molecule has 0 bridgehead atoms. The van der Waals surface area contributed by atoms with E-state index in [-0.39, 0.29) is 23.5 Å². The highest BCUT2D eigenvalue weighted by molar-refractivity contribution is 5.91.